The van der Waals surface area contributed by atoms with Crippen LogP contribution in [-0.4, -0.2) is 22.0 Å². The first-order chi connectivity index (χ1) is 10.9. The van der Waals surface area contributed by atoms with Crippen LogP contribution < -0.4 is 0 Å². The number of ketones is 1. The Labute approximate surface area is 132 Å². The molecular weight excluding hydrogens is 296 g/mol. The molecule has 0 spiro atoms. The number of furan rings is 1. The summed E-state index contributed by atoms with van der Waals surface area (Å²) in [7, 11) is 0. The van der Waals surface area contributed by atoms with Gasteiger partial charge < -0.3 is 14.6 Å². The SMILES string of the molecule is Cc1c2c(c(O)c3occ(C(=O)O)c13)[C@@H]1CCC(=O)[C@@]1(C)C=C2. The van der Waals surface area contributed by atoms with Gasteiger partial charge in [-0.2, -0.15) is 0 Å². The molecule has 0 aliphatic heterocycles. The van der Waals surface area contributed by atoms with Gasteiger partial charge in [0.2, 0.25) is 0 Å². The zero-order valence-corrected chi connectivity index (χ0v) is 12.8. The summed E-state index contributed by atoms with van der Waals surface area (Å²) in [4.78, 5) is 23.6. The molecule has 5 nitrogen and oxygen atoms in total. The molecule has 1 fully saturated rings. The van der Waals surface area contributed by atoms with Gasteiger partial charge in [0.25, 0.3) is 0 Å². The molecule has 118 valence electrons. The molecule has 2 aromatic rings. The van der Waals surface area contributed by atoms with Crippen LogP contribution in [0.5, 0.6) is 5.75 Å². The molecule has 0 saturated heterocycles. The number of aromatic hydroxyl groups is 1. The van der Waals surface area contributed by atoms with E-state index >= 15 is 0 Å². The van der Waals surface area contributed by atoms with Gasteiger partial charge in [-0.25, -0.2) is 4.79 Å². The summed E-state index contributed by atoms with van der Waals surface area (Å²) in [6, 6.07) is 0. The zero-order chi connectivity index (χ0) is 16.5. The number of carboxylic acid groups (broad SMARTS) is 1. The first-order valence-electron chi connectivity index (χ1n) is 7.58. The molecule has 0 bridgehead atoms. The number of fused-ring (bicyclic) bond motifs is 4. The molecule has 2 N–H and O–H groups in total. The second-order valence-electron chi connectivity index (χ2n) is 6.59. The van der Waals surface area contributed by atoms with Crippen molar-refractivity contribution in [3.05, 3.63) is 34.6 Å². The fraction of sp³-hybridized carbons (Fsp3) is 0.333. The van der Waals surface area contributed by atoms with E-state index in [-0.39, 0.29) is 28.6 Å². The highest BCUT2D eigenvalue weighted by Gasteiger charge is 2.48. The topological polar surface area (TPSA) is 87.7 Å². The predicted octanol–water partition coefficient (Wildman–Crippen LogP) is 3.62. The van der Waals surface area contributed by atoms with E-state index in [1.54, 1.807) is 0 Å². The van der Waals surface area contributed by atoms with E-state index in [0.717, 1.165) is 17.4 Å². The van der Waals surface area contributed by atoms with Crippen molar-refractivity contribution in [2.24, 2.45) is 5.41 Å². The van der Waals surface area contributed by atoms with Gasteiger partial charge in [0.05, 0.1) is 5.41 Å². The van der Waals surface area contributed by atoms with Crippen LogP contribution in [0.3, 0.4) is 0 Å². The molecule has 0 radical (unpaired) electrons. The third kappa shape index (κ3) is 1.57. The fourth-order valence-electron chi connectivity index (χ4n) is 4.16. The molecule has 5 heteroatoms. The van der Waals surface area contributed by atoms with Crippen molar-refractivity contribution in [2.45, 2.75) is 32.6 Å². The lowest BCUT2D eigenvalue weighted by Gasteiger charge is -2.33. The van der Waals surface area contributed by atoms with E-state index in [1.807, 2.05) is 26.0 Å². The number of Topliss-reactive ketones (excluding diaryl/α,β-unsaturated/α-hetero) is 1. The van der Waals surface area contributed by atoms with Crippen LogP contribution in [0.2, 0.25) is 0 Å². The number of aromatic carboxylic acids is 1. The van der Waals surface area contributed by atoms with Crippen LogP contribution in [0.25, 0.3) is 17.0 Å². The van der Waals surface area contributed by atoms with Crippen molar-refractivity contribution in [1.29, 1.82) is 0 Å². The third-order valence-electron chi connectivity index (χ3n) is 5.49. The summed E-state index contributed by atoms with van der Waals surface area (Å²) in [6.45, 7) is 3.72. The number of aryl methyl sites for hydroxylation is 1. The number of hydrogen-bond donors (Lipinski definition) is 2. The van der Waals surface area contributed by atoms with Crippen molar-refractivity contribution in [3.63, 3.8) is 0 Å². The van der Waals surface area contributed by atoms with Crippen LogP contribution in [0, 0.1) is 12.3 Å². The van der Waals surface area contributed by atoms with Gasteiger partial charge in [-0.15, -0.1) is 0 Å². The van der Waals surface area contributed by atoms with Crippen molar-refractivity contribution >= 4 is 28.8 Å². The zero-order valence-electron chi connectivity index (χ0n) is 12.8. The number of phenolic OH excluding ortho intramolecular Hbond substituents is 1. The summed E-state index contributed by atoms with van der Waals surface area (Å²) < 4.78 is 5.36. The van der Waals surface area contributed by atoms with Gasteiger partial charge in [0.1, 0.15) is 17.6 Å². The van der Waals surface area contributed by atoms with Gasteiger partial charge in [-0.05, 0) is 31.4 Å². The lowest BCUT2D eigenvalue weighted by molar-refractivity contribution is -0.123. The highest BCUT2D eigenvalue weighted by molar-refractivity contribution is 6.07. The molecule has 4 rings (SSSR count). The van der Waals surface area contributed by atoms with Gasteiger partial charge in [0, 0.05) is 23.3 Å². The Balaban J connectivity index is 2.09. The van der Waals surface area contributed by atoms with Crippen molar-refractivity contribution in [3.8, 4) is 5.75 Å². The smallest absolute Gasteiger partial charge is 0.339 e. The molecule has 23 heavy (non-hydrogen) atoms. The van der Waals surface area contributed by atoms with Gasteiger partial charge >= 0.3 is 5.97 Å². The third-order valence-corrected chi connectivity index (χ3v) is 5.49. The Morgan fingerprint density at radius 1 is 1.43 bits per heavy atom. The monoisotopic (exact) mass is 312 g/mol. The standard InChI is InChI=1S/C18H16O5/c1-8-9-5-6-18(2)11(3-4-12(18)19)14(9)15(20)16-13(8)10(7-23-16)17(21)22/h5-7,11,20H,3-4H2,1-2H3,(H,21,22)/t11-,18-/m0/s1. The Hall–Kier alpha value is -2.56. The summed E-state index contributed by atoms with van der Waals surface area (Å²) >= 11 is 0. The lowest BCUT2D eigenvalue weighted by Crippen LogP contribution is -2.28. The number of allylic oxidation sites excluding steroid dienone is 1. The van der Waals surface area contributed by atoms with E-state index in [2.05, 4.69) is 0 Å². The highest BCUT2D eigenvalue weighted by Crippen LogP contribution is 2.56. The Kier molecular flexibility index (Phi) is 2.60. The number of carboxylic acids is 1. The number of phenols is 1. The number of rotatable bonds is 1. The van der Waals surface area contributed by atoms with Gasteiger partial charge in [0.15, 0.2) is 11.3 Å². The van der Waals surface area contributed by atoms with E-state index in [0.29, 0.717) is 23.8 Å². The minimum absolute atomic E-state index is 0.0385. The quantitative estimate of drug-likeness (QED) is 0.839. The Morgan fingerprint density at radius 2 is 2.17 bits per heavy atom. The minimum Gasteiger partial charge on any atom is -0.504 e. The van der Waals surface area contributed by atoms with E-state index in [9.17, 15) is 19.8 Å². The number of carbonyl (C=O) groups is 2. The van der Waals surface area contributed by atoms with Crippen molar-refractivity contribution in [2.75, 3.05) is 0 Å². The van der Waals surface area contributed by atoms with E-state index in [4.69, 9.17) is 4.42 Å². The maximum Gasteiger partial charge on any atom is 0.339 e. The molecule has 2 atom stereocenters. The molecule has 1 saturated carbocycles. The van der Waals surface area contributed by atoms with Crippen molar-refractivity contribution in [1.82, 2.24) is 0 Å². The largest absolute Gasteiger partial charge is 0.504 e. The lowest BCUT2D eigenvalue weighted by atomic mass is 9.69. The fourth-order valence-corrected chi connectivity index (χ4v) is 4.16. The number of benzene rings is 1. The minimum atomic E-state index is -1.09. The van der Waals surface area contributed by atoms with Crippen LogP contribution in [-0.2, 0) is 4.79 Å². The molecular formula is C18H16O5. The molecule has 0 amide bonds. The molecule has 2 aliphatic rings. The maximum absolute atomic E-state index is 12.3. The molecule has 1 aromatic heterocycles. The average Bonchev–Trinajstić information content (AvgIpc) is 3.07. The average molecular weight is 312 g/mol. The summed E-state index contributed by atoms with van der Waals surface area (Å²) in [5, 5.41) is 20.5. The Bertz CT molecular complexity index is 917. The highest BCUT2D eigenvalue weighted by atomic mass is 16.4. The second kappa shape index (κ2) is 4.25. The predicted molar refractivity (Wildman–Crippen MR) is 83.7 cm³/mol. The summed E-state index contributed by atoms with van der Waals surface area (Å²) in [5.41, 5.74) is 1.90. The normalized spacial score (nSPS) is 25.7. The van der Waals surface area contributed by atoms with E-state index in [1.165, 1.54) is 0 Å². The molecule has 2 aliphatic carbocycles. The van der Waals surface area contributed by atoms with Crippen LogP contribution in [0.1, 0.15) is 52.7 Å². The Morgan fingerprint density at radius 3 is 2.87 bits per heavy atom. The van der Waals surface area contributed by atoms with Crippen molar-refractivity contribution < 1.29 is 24.2 Å². The summed E-state index contributed by atoms with van der Waals surface area (Å²) in [6.07, 6.45) is 6.06. The van der Waals surface area contributed by atoms with Gasteiger partial charge in [-0.1, -0.05) is 12.2 Å². The first-order valence-corrected chi connectivity index (χ1v) is 7.58. The molecule has 1 heterocycles. The van der Waals surface area contributed by atoms with Crippen LogP contribution in [0.4, 0.5) is 0 Å². The number of carbonyl (C=O) groups excluding carboxylic acids is 1. The second-order valence-corrected chi connectivity index (χ2v) is 6.59. The van der Waals surface area contributed by atoms with E-state index < -0.39 is 11.4 Å². The van der Waals surface area contributed by atoms with Gasteiger partial charge in [-0.3, -0.25) is 4.79 Å². The maximum atomic E-state index is 12.3. The number of hydrogen-bond acceptors (Lipinski definition) is 4. The molecule has 0 unspecified atom stereocenters. The van der Waals surface area contributed by atoms with Crippen LogP contribution in [0.15, 0.2) is 16.8 Å². The first kappa shape index (κ1) is 14.1. The van der Waals surface area contributed by atoms with Crippen LogP contribution >= 0.6 is 0 Å². The molecule has 1 aromatic carbocycles. The summed E-state index contributed by atoms with van der Waals surface area (Å²) in [5.74, 6) is -1.06.